The molecule has 0 N–H and O–H groups in total. The van der Waals surface area contributed by atoms with Gasteiger partial charge >= 0.3 is 0 Å². The molecule has 2 amide bonds. The van der Waals surface area contributed by atoms with Crippen molar-refractivity contribution in [2.45, 2.75) is 51.9 Å². The molecular weight excluding hydrogens is 178 g/mol. The number of likely N-dealkylation sites (tertiary alicyclic amines) is 1. The molecule has 14 heavy (non-hydrogen) atoms. The molecule has 3 heteroatoms. The first kappa shape index (κ1) is 11.2. The topological polar surface area (TPSA) is 37.4 Å². The van der Waals surface area contributed by atoms with Crippen LogP contribution in [0.15, 0.2) is 0 Å². The van der Waals surface area contributed by atoms with Crippen molar-refractivity contribution in [3.05, 3.63) is 0 Å². The van der Waals surface area contributed by atoms with Gasteiger partial charge in [0.25, 0.3) is 0 Å². The summed E-state index contributed by atoms with van der Waals surface area (Å²) >= 11 is 0. The van der Waals surface area contributed by atoms with Crippen LogP contribution in [-0.4, -0.2) is 23.3 Å². The standard InChI is InChI=1S/C11H19NO2/c1-2-7-10(13)12-9-6-4-3-5-8-11(12)14/h2-9H2,1H3. The van der Waals surface area contributed by atoms with Gasteiger partial charge in [-0.2, -0.15) is 0 Å². The Bertz CT molecular complexity index is 205. The van der Waals surface area contributed by atoms with E-state index < -0.39 is 0 Å². The predicted octanol–water partition coefficient (Wildman–Crippen LogP) is 2.11. The van der Waals surface area contributed by atoms with Crippen LogP contribution in [0, 0.1) is 0 Å². The van der Waals surface area contributed by atoms with Crippen LogP contribution in [0.25, 0.3) is 0 Å². The zero-order valence-corrected chi connectivity index (χ0v) is 8.92. The van der Waals surface area contributed by atoms with E-state index in [1.807, 2.05) is 6.92 Å². The first-order valence-electron chi connectivity index (χ1n) is 5.59. The second-order valence-electron chi connectivity index (χ2n) is 3.85. The van der Waals surface area contributed by atoms with Gasteiger partial charge in [0.15, 0.2) is 0 Å². The summed E-state index contributed by atoms with van der Waals surface area (Å²) in [4.78, 5) is 24.6. The summed E-state index contributed by atoms with van der Waals surface area (Å²) in [5.41, 5.74) is 0. The highest BCUT2D eigenvalue weighted by molar-refractivity contribution is 5.95. The fourth-order valence-electron chi connectivity index (χ4n) is 1.77. The molecule has 0 bridgehead atoms. The molecule has 0 aromatic heterocycles. The maximum atomic E-state index is 11.6. The van der Waals surface area contributed by atoms with Crippen molar-refractivity contribution >= 4 is 11.8 Å². The zero-order valence-electron chi connectivity index (χ0n) is 8.92. The van der Waals surface area contributed by atoms with E-state index in [4.69, 9.17) is 0 Å². The number of imide groups is 1. The quantitative estimate of drug-likeness (QED) is 0.680. The van der Waals surface area contributed by atoms with Crippen LogP contribution in [-0.2, 0) is 9.59 Å². The molecule has 0 unspecified atom stereocenters. The third-order valence-corrected chi connectivity index (χ3v) is 2.59. The van der Waals surface area contributed by atoms with E-state index in [-0.39, 0.29) is 11.8 Å². The van der Waals surface area contributed by atoms with E-state index in [1.165, 1.54) is 4.90 Å². The highest BCUT2D eigenvalue weighted by Gasteiger charge is 2.20. The van der Waals surface area contributed by atoms with Gasteiger partial charge in [-0.15, -0.1) is 0 Å². The zero-order chi connectivity index (χ0) is 10.4. The number of hydrogen-bond donors (Lipinski definition) is 0. The summed E-state index contributed by atoms with van der Waals surface area (Å²) in [5.74, 6) is 0.0440. The average molecular weight is 197 g/mol. The molecule has 1 rings (SSSR count). The molecule has 0 atom stereocenters. The van der Waals surface area contributed by atoms with Crippen molar-refractivity contribution in [3.8, 4) is 0 Å². The van der Waals surface area contributed by atoms with E-state index in [1.54, 1.807) is 0 Å². The van der Waals surface area contributed by atoms with Gasteiger partial charge in [-0.25, -0.2) is 0 Å². The smallest absolute Gasteiger partial charge is 0.229 e. The average Bonchev–Trinajstić information content (AvgIpc) is 2.12. The molecule has 0 aromatic carbocycles. The second kappa shape index (κ2) is 5.78. The van der Waals surface area contributed by atoms with E-state index in [0.29, 0.717) is 19.4 Å². The van der Waals surface area contributed by atoms with Crippen molar-refractivity contribution in [2.75, 3.05) is 6.54 Å². The maximum absolute atomic E-state index is 11.6. The Kier molecular flexibility index (Phi) is 4.63. The van der Waals surface area contributed by atoms with Gasteiger partial charge in [0.1, 0.15) is 0 Å². The van der Waals surface area contributed by atoms with Crippen molar-refractivity contribution < 1.29 is 9.59 Å². The molecule has 1 saturated heterocycles. The minimum absolute atomic E-state index is 0.0133. The summed E-state index contributed by atoms with van der Waals surface area (Å²) in [7, 11) is 0. The molecule has 3 nitrogen and oxygen atoms in total. The van der Waals surface area contributed by atoms with Crippen LogP contribution in [0.5, 0.6) is 0 Å². The van der Waals surface area contributed by atoms with Crippen LogP contribution in [0.2, 0.25) is 0 Å². The number of amides is 2. The Morgan fingerprint density at radius 3 is 2.71 bits per heavy atom. The lowest BCUT2D eigenvalue weighted by Gasteiger charge is -2.22. The molecule has 0 aliphatic carbocycles. The fourth-order valence-corrected chi connectivity index (χ4v) is 1.77. The van der Waals surface area contributed by atoms with E-state index >= 15 is 0 Å². The number of carbonyl (C=O) groups is 2. The third kappa shape index (κ3) is 3.13. The Morgan fingerprint density at radius 1 is 1.29 bits per heavy atom. The normalized spacial score (nSPS) is 18.9. The van der Waals surface area contributed by atoms with E-state index in [0.717, 1.165) is 32.1 Å². The predicted molar refractivity (Wildman–Crippen MR) is 54.7 cm³/mol. The van der Waals surface area contributed by atoms with Gasteiger partial charge in [-0.1, -0.05) is 19.8 Å². The number of nitrogens with zero attached hydrogens (tertiary/aromatic N) is 1. The Morgan fingerprint density at radius 2 is 2.00 bits per heavy atom. The number of rotatable bonds is 2. The molecule has 0 spiro atoms. The fraction of sp³-hybridized carbons (Fsp3) is 0.818. The Hall–Kier alpha value is -0.860. The molecule has 0 radical (unpaired) electrons. The van der Waals surface area contributed by atoms with Crippen LogP contribution < -0.4 is 0 Å². The van der Waals surface area contributed by atoms with Crippen LogP contribution in [0.1, 0.15) is 51.9 Å². The van der Waals surface area contributed by atoms with Gasteiger partial charge in [-0.05, 0) is 19.3 Å². The van der Waals surface area contributed by atoms with Crippen LogP contribution in [0.3, 0.4) is 0 Å². The monoisotopic (exact) mass is 197 g/mol. The third-order valence-electron chi connectivity index (χ3n) is 2.59. The van der Waals surface area contributed by atoms with Gasteiger partial charge in [-0.3, -0.25) is 14.5 Å². The van der Waals surface area contributed by atoms with E-state index in [9.17, 15) is 9.59 Å². The van der Waals surface area contributed by atoms with Gasteiger partial charge < -0.3 is 0 Å². The highest BCUT2D eigenvalue weighted by atomic mass is 16.2. The van der Waals surface area contributed by atoms with Gasteiger partial charge in [0.05, 0.1) is 0 Å². The summed E-state index contributed by atoms with van der Waals surface area (Å²) in [6.45, 7) is 2.60. The molecule has 1 heterocycles. The first-order valence-corrected chi connectivity index (χ1v) is 5.59. The SMILES string of the molecule is CCCC(=O)N1CCCCCCC1=O. The molecule has 1 fully saturated rings. The van der Waals surface area contributed by atoms with Crippen molar-refractivity contribution in [1.82, 2.24) is 4.90 Å². The maximum Gasteiger partial charge on any atom is 0.229 e. The minimum Gasteiger partial charge on any atom is -0.283 e. The summed E-state index contributed by atoms with van der Waals surface area (Å²) in [6, 6.07) is 0. The largest absolute Gasteiger partial charge is 0.283 e. The molecule has 1 aliphatic rings. The molecule has 1 aliphatic heterocycles. The van der Waals surface area contributed by atoms with Crippen LogP contribution >= 0.6 is 0 Å². The van der Waals surface area contributed by atoms with E-state index in [2.05, 4.69) is 0 Å². The lowest BCUT2D eigenvalue weighted by Crippen LogP contribution is -2.38. The number of carbonyl (C=O) groups excluding carboxylic acids is 2. The Labute approximate surface area is 85.5 Å². The summed E-state index contributed by atoms with van der Waals surface area (Å²) in [5, 5.41) is 0. The highest BCUT2D eigenvalue weighted by Crippen LogP contribution is 2.12. The lowest BCUT2D eigenvalue weighted by atomic mass is 10.1. The van der Waals surface area contributed by atoms with Crippen molar-refractivity contribution in [1.29, 1.82) is 0 Å². The molecular formula is C11H19NO2. The molecule has 0 saturated carbocycles. The minimum atomic E-state index is 0.0133. The summed E-state index contributed by atoms with van der Waals surface area (Å²) < 4.78 is 0. The van der Waals surface area contributed by atoms with Crippen molar-refractivity contribution in [2.24, 2.45) is 0 Å². The van der Waals surface area contributed by atoms with Crippen LogP contribution in [0.4, 0.5) is 0 Å². The molecule has 80 valence electrons. The lowest BCUT2D eigenvalue weighted by molar-refractivity contribution is -0.145. The first-order chi connectivity index (χ1) is 6.75. The Balaban J connectivity index is 2.52. The molecule has 0 aromatic rings. The van der Waals surface area contributed by atoms with Gasteiger partial charge in [0, 0.05) is 19.4 Å². The van der Waals surface area contributed by atoms with Crippen molar-refractivity contribution in [3.63, 3.8) is 0 Å². The summed E-state index contributed by atoms with van der Waals surface area (Å²) in [6.07, 6.45) is 6.06. The second-order valence-corrected chi connectivity index (χ2v) is 3.85. The number of hydrogen-bond acceptors (Lipinski definition) is 2. The van der Waals surface area contributed by atoms with Gasteiger partial charge in [0.2, 0.25) is 11.8 Å².